The van der Waals surface area contributed by atoms with Crippen LogP contribution in [0.2, 0.25) is 0 Å². The van der Waals surface area contributed by atoms with Gasteiger partial charge in [0.25, 0.3) is 0 Å². The maximum Gasteiger partial charge on any atom is 0.197 e. The molecular weight excluding hydrogens is 1870 g/mol. The maximum atomic E-state index is 9.01. The summed E-state index contributed by atoms with van der Waals surface area (Å²) in [6, 6.07) is 102. The van der Waals surface area contributed by atoms with Gasteiger partial charge in [0.05, 0.1) is 26.9 Å². The van der Waals surface area contributed by atoms with Crippen molar-refractivity contribution in [2.45, 2.75) is 321 Å². The Morgan fingerprint density at radius 3 is 0.530 bits per heavy atom. The molecule has 0 saturated carbocycles. The number of hydrogen-bond acceptors (Lipinski definition) is 11. The number of aromatic hydroxyl groups is 4. The van der Waals surface area contributed by atoms with Gasteiger partial charge in [-0.25, -0.2) is 0 Å². The first-order valence-electron chi connectivity index (χ1n) is 48.9. The minimum absolute atomic E-state index is 0. The molecule has 134 heavy (non-hydrogen) atoms. The zero-order valence-electron chi connectivity index (χ0n) is 86.1. The van der Waals surface area contributed by atoms with Gasteiger partial charge in [0.2, 0.25) is 0 Å². The van der Waals surface area contributed by atoms with E-state index in [4.69, 9.17) is 53.6 Å². The van der Waals surface area contributed by atoms with Crippen LogP contribution in [-0.4, -0.2) is 46.4 Å². The molecule has 11 nitrogen and oxygen atoms in total. The third kappa shape index (κ3) is 48.2. The molecule has 723 valence electrons. The Balaban J connectivity index is 0.000000393. The Labute approximate surface area is 846 Å². The average molecular weight is 2040 g/mol. The molecule has 0 bridgehead atoms. The summed E-state index contributed by atoms with van der Waals surface area (Å²) in [6.45, 7) is 53.9. The SMILES string of the molecule is CCC(C)c1ccc(C(C)(C)C)cc1.CCC(C)c1ccc(O)cc1.CCC(C)c1ccc(O)cc1.CCC(C)c1ccc(O)cc1.CCC(C)c1ccc(O)cc1.CCC(C)c1ccc(OC(C)OCc2ccccc2)cc1.CCC(C)c1ccc(OC(C)OCc2ccccc2)cc1.CCC(C)c1ccc(OC(C)OCc2ccccc2)cc1.CCC(C)c1ccc(OC)cc1.[Ac]. The van der Waals surface area contributed by atoms with Crippen molar-refractivity contribution in [2.75, 3.05) is 7.11 Å². The predicted octanol–water partition coefficient (Wildman–Crippen LogP) is 34.8. The molecule has 0 fully saturated rings. The molecule has 12 atom stereocenters. The second kappa shape index (κ2) is 67.5. The maximum absolute atomic E-state index is 9.01. The smallest absolute Gasteiger partial charge is 0.197 e. The molecule has 12 rings (SSSR count). The van der Waals surface area contributed by atoms with Crippen molar-refractivity contribution >= 4 is 0 Å². The van der Waals surface area contributed by atoms with Crippen molar-refractivity contribution in [1.82, 2.24) is 0 Å². The van der Waals surface area contributed by atoms with Crippen LogP contribution in [0.3, 0.4) is 0 Å². The van der Waals surface area contributed by atoms with Gasteiger partial charge in [-0.2, -0.15) is 0 Å². The Morgan fingerprint density at radius 1 is 0.216 bits per heavy atom. The van der Waals surface area contributed by atoms with Gasteiger partial charge in [-0.3, -0.25) is 0 Å². The Bertz CT molecular complexity index is 4410. The molecule has 0 heterocycles. The van der Waals surface area contributed by atoms with Crippen molar-refractivity contribution in [3.63, 3.8) is 0 Å². The third-order valence-corrected chi connectivity index (χ3v) is 24.6. The Hall–Kier alpha value is -9.64. The van der Waals surface area contributed by atoms with E-state index in [1.165, 1.54) is 68.5 Å². The molecule has 0 saturated heterocycles. The van der Waals surface area contributed by atoms with Gasteiger partial charge in [-0.15, -0.1) is 0 Å². The van der Waals surface area contributed by atoms with Crippen molar-refractivity contribution < 1.29 is 97.6 Å². The summed E-state index contributed by atoms with van der Waals surface area (Å²) in [5.74, 6) is 10.3. The molecule has 4 N–H and O–H groups in total. The molecule has 12 aromatic rings. The van der Waals surface area contributed by atoms with Gasteiger partial charge in [0.15, 0.2) is 18.9 Å². The van der Waals surface area contributed by atoms with Crippen LogP contribution in [0.5, 0.6) is 46.0 Å². The standard InChI is InChI=1S/3C19H24O2.C14H22.C11H16O.4C10H14O.Ac/c3*1-4-15(2)18-10-12-19(13-11-18)21-16(3)20-14-17-8-6-5-7-9-17;1-6-11(2)12-7-9-13(10-8-12)14(3,4)5;1-4-9(2)10-5-7-11(12-3)8-6-10;4*1-3-8(2)9-4-6-10(11)7-5-9;/h3*5-13,15-16H,4,14H2,1-3H3;7-11H,6H2,1-5H3;5-9H,4H2,1-3H3;4*4-8,11H,3H2,1-2H3;. The van der Waals surface area contributed by atoms with E-state index in [-0.39, 0.29) is 68.3 Å². The van der Waals surface area contributed by atoms with Crippen LogP contribution >= 0.6 is 0 Å². The molecule has 12 unspecified atom stereocenters. The summed E-state index contributed by atoms with van der Waals surface area (Å²) < 4.78 is 39.6. The number of phenolic OH excluding ortho intramolecular Hbond substituents is 4. The minimum Gasteiger partial charge on any atom is -0.508 e. The second-order valence-electron chi connectivity index (χ2n) is 35.9. The molecule has 0 aromatic heterocycles. The van der Waals surface area contributed by atoms with Crippen LogP contribution in [0.4, 0.5) is 0 Å². The van der Waals surface area contributed by atoms with E-state index < -0.39 is 0 Å². The van der Waals surface area contributed by atoms with E-state index in [1.54, 1.807) is 55.6 Å². The summed E-state index contributed by atoms with van der Waals surface area (Å²) in [6.07, 6.45) is 9.63. The molecule has 1 radical (unpaired) electrons. The molecule has 12 heteroatoms. The second-order valence-corrected chi connectivity index (χ2v) is 35.9. The van der Waals surface area contributed by atoms with E-state index >= 15 is 0 Å². The van der Waals surface area contributed by atoms with Crippen LogP contribution in [0.15, 0.2) is 309 Å². The first-order valence-corrected chi connectivity index (χ1v) is 48.9. The zero-order chi connectivity index (χ0) is 98.1. The predicted molar refractivity (Wildman–Crippen MR) is 562 cm³/mol. The van der Waals surface area contributed by atoms with Crippen molar-refractivity contribution in [3.05, 3.63) is 382 Å². The molecule has 0 spiro atoms. The van der Waals surface area contributed by atoms with E-state index in [2.05, 4.69) is 218 Å². The van der Waals surface area contributed by atoms with Crippen LogP contribution in [0.25, 0.3) is 0 Å². The van der Waals surface area contributed by atoms with E-state index in [0.717, 1.165) is 84.6 Å². The molecule has 12 aromatic carbocycles. The normalized spacial score (nSPS) is 13.3. The fourth-order valence-electron chi connectivity index (χ4n) is 13.2. The molecule has 0 aliphatic heterocycles. The molecular formula is C122H166AcO11. The summed E-state index contributed by atoms with van der Waals surface area (Å²) in [5.41, 5.74) is 17.2. The van der Waals surface area contributed by atoms with Gasteiger partial charge >= 0.3 is 0 Å². The van der Waals surface area contributed by atoms with Crippen LogP contribution in [-0.2, 0) is 39.4 Å². The monoisotopic (exact) mass is 2030 g/mol. The Kier molecular flexibility index (Phi) is 59.7. The van der Waals surface area contributed by atoms with Crippen LogP contribution in [0, 0.1) is 44.1 Å². The first kappa shape index (κ1) is 119. The number of ether oxygens (including phenoxy) is 7. The molecule has 0 aliphatic rings. The number of benzene rings is 12. The Morgan fingerprint density at radius 2 is 0.373 bits per heavy atom. The van der Waals surface area contributed by atoms with Gasteiger partial charge < -0.3 is 53.6 Å². The van der Waals surface area contributed by atoms with Gasteiger partial charge in [0, 0.05) is 44.1 Å². The van der Waals surface area contributed by atoms with E-state index in [9.17, 15) is 0 Å². The van der Waals surface area contributed by atoms with Crippen LogP contribution in [0.1, 0.15) is 350 Å². The van der Waals surface area contributed by atoms with Gasteiger partial charge in [-0.05, 0) is 307 Å². The van der Waals surface area contributed by atoms with Crippen molar-refractivity contribution in [1.29, 1.82) is 0 Å². The topological polar surface area (TPSA) is 146 Å². The largest absolute Gasteiger partial charge is 0.508 e. The summed E-state index contributed by atoms with van der Waals surface area (Å²) in [7, 11) is 1.69. The van der Waals surface area contributed by atoms with Crippen molar-refractivity contribution in [2.24, 2.45) is 0 Å². The average Bonchev–Trinajstić information content (AvgIpc) is 0.855. The summed E-state index contributed by atoms with van der Waals surface area (Å²) in [5, 5.41) is 36.0. The van der Waals surface area contributed by atoms with E-state index in [1.807, 2.05) is 209 Å². The number of phenols is 4. The zero-order valence-corrected chi connectivity index (χ0v) is 90.8. The first-order chi connectivity index (χ1) is 63.7. The van der Waals surface area contributed by atoms with Crippen LogP contribution < -0.4 is 18.9 Å². The fraction of sp³-hybridized carbons (Fsp3) is 0.410. The fourth-order valence-corrected chi connectivity index (χ4v) is 13.2. The summed E-state index contributed by atoms with van der Waals surface area (Å²) >= 11 is 0. The summed E-state index contributed by atoms with van der Waals surface area (Å²) in [4.78, 5) is 0. The number of hydrogen-bond donors (Lipinski definition) is 4. The minimum atomic E-state index is -0.264. The third-order valence-electron chi connectivity index (χ3n) is 24.6. The number of methoxy groups -OCH3 is 1. The number of rotatable bonds is 34. The quantitative estimate of drug-likeness (QED) is 0.0286. The molecule has 0 amide bonds. The van der Waals surface area contributed by atoms with E-state index in [0.29, 0.717) is 96.1 Å². The van der Waals surface area contributed by atoms with Gasteiger partial charge in [0.1, 0.15) is 46.0 Å². The molecule has 0 aliphatic carbocycles. The van der Waals surface area contributed by atoms with Crippen molar-refractivity contribution in [3.8, 4) is 46.0 Å². The van der Waals surface area contributed by atoms with Gasteiger partial charge in [-0.1, -0.05) is 358 Å².